The number of benzene rings is 2. The first-order chi connectivity index (χ1) is 13.0. The molecule has 138 valence electrons. The summed E-state index contributed by atoms with van der Waals surface area (Å²) in [5, 5.41) is 20.6. The summed E-state index contributed by atoms with van der Waals surface area (Å²) in [5.74, 6) is -0.678. The average molecular weight is 384 g/mol. The van der Waals surface area contributed by atoms with Gasteiger partial charge in [-0.25, -0.2) is 0 Å². The van der Waals surface area contributed by atoms with Crippen molar-refractivity contribution < 1.29 is 14.7 Å². The van der Waals surface area contributed by atoms with E-state index in [0.717, 1.165) is 11.8 Å². The maximum atomic E-state index is 12.2. The molecule has 0 fully saturated rings. The molecular weight excluding hydrogens is 368 g/mol. The number of nitrogens with one attached hydrogen (secondary N) is 2. The van der Waals surface area contributed by atoms with Gasteiger partial charge in [-0.3, -0.25) is 20.4 Å². The van der Waals surface area contributed by atoms with Gasteiger partial charge >= 0.3 is 0 Å². The molecule has 0 unspecified atom stereocenters. The Morgan fingerprint density at radius 2 is 1.78 bits per heavy atom. The van der Waals surface area contributed by atoms with Crippen molar-refractivity contribution >= 4 is 23.6 Å². The van der Waals surface area contributed by atoms with Gasteiger partial charge in [-0.1, -0.05) is 30.0 Å². The van der Waals surface area contributed by atoms with Crippen molar-refractivity contribution in [1.29, 1.82) is 0 Å². The van der Waals surface area contributed by atoms with E-state index in [1.807, 2.05) is 0 Å². The molecule has 1 atom stereocenters. The van der Waals surface area contributed by atoms with Gasteiger partial charge in [0.2, 0.25) is 5.16 Å². The number of hydrazine groups is 1. The molecule has 3 aromatic rings. The molecule has 1 heterocycles. The quantitative estimate of drug-likeness (QED) is 0.448. The van der Waals surface area contributed by atoms with Gasteiger partial charge in [0.25, 0.3) is 11.8 Å². The number of phenols is 1. The molecular formula is C17H16N6O3S. The van der Waals surface area contributed by atoms with Crippen molar-refractivity contribution in [2.75, 3.05) is 0 Å². The van der Waals surface area contributed by atoms with Gasteiger partial charge in [-0.15, -0.1) is 5.10 Å². The maximum Gasteiger partial charge on any atom is 0.269 e. The van der Waals surface area contributed by atoms with E-state index in [-0.39, 0.29) is 5.75 Å². The van der Waals surface area contributed by atoms with Crippen LogP contribution in [0.4, 0.5) is 0 Å². The van der Waals surface area contributed by atoms with Crippen LogP contribution in [0.1, 0.15) is 17.3 Å². The van der Waals surface area contributed by atoms with Crippen LogP contribution < -0.4 is 10.9 Å². The summed E-state index contributed by atoms with van der Waals surface area (Å²) in [6, 6.07) is 14.9. The Bertz CT molecular complexity index is 929. The van der Waals surface area contributed by atoms with E-state index in [1.165, 1.54) is 16.8 Å². The minimum Gasteiger partial charge on any atom is -0.508 e. The van der Waals surface area contributed by atoms with Crippen molar-refractivity contribution in [3.05, 3.63) is 60.2 Å². The molecule has 0 aliphatic heterocycles. The molecule has 10 heteroatoms. The van der Waals surface area contributed by atoms with E-state index in [0.29, 0.717) is 16.4 Å². The summed E-state index contributed by atoms with van der Waals surface area (Å²) in [6.07, 6.45) is 0. The fourth-order valence-corrected chi connectivity index (χ4v) is 2.91. The monoisotopic (exact) mass is 384 g/mol. The second-order valence-corrected chi connectivity index (χ2v) is 6.77. The Hall–Kier alpha value is -3.40. The molecule has 3 rings (SSSR count). The maximum absolute atomic E-state index is 12.2. The number of hydrogen-bond acceptors (Lipinski definition) is 7. The molecule has 0 saturated heterocycles. The molecule has 2 aromatic carbocycles. The van der Waals surface area contributed by atoms with Gasteiger partial charge in [0, 0.05) is 5.56 Å². The van der Waals surface area contributed by atoms with Gasteiger partial charge in [-0.05, 0) is 53.7 Å². The van der Waals surface area contributed by atoms with Crippen LogP contribution >= 0.6 is 11.8 Å². The van der Waals surface area contributed by atoms with E-state index in [1.54, 1.807) is 49.4 Å². The Labute approximate surface area is 158 Å². The summed E-state index contributed by atoms with van der Waals surface area (Å²) >= 11 is 1.13. The summed E-state index contributed by atoms with van der Waals surface area (Å²) in [7, 11) is 0. The number of phenolic OH excluding ortho intramolecular Hbond substituents is 1. The zero-order valence-electron chi connectivity index (χ0n) is 14.2. The van der Waals surface area contributed by atoms with Crippen molar-refractivity contribution in [2.24, 2.45) is 0 Å². The zero-order valence-corrected chi connectivity index (χ0v) is 15.1. The zero-order chi connectivity index (χ0) is 19.2. The number of carbonyl (C=O) groups is 2. The number of tetrazole rings is 1. The van der Waals surface area contributed by atoms with Gasteiger partial charge in [0.1, 0.15) is 5.75 Å². The van der Waals surface area contributed by atoms with Crippen LogP contribution in [0.2, 0.25) is 0 Å². The standard InChI is InChI=1S/C17H16N6O3S/c1-11(15(25)18-19-16(26)12-5-3-2-4-6-12)27-17-20-21-22-23(17)13-7-9-14(24)10-8-13/h2-11,24H,1H3,(H,18,25)(H,19,26)/t11-/m0/s1. The van der Waals surface area contributed by atoms with Crippen LogP contribution in [-0.2, 0) is 4.79 Å². The summed E-state index contributed by atoms with van der Waals surface area (Å²) in [6.45, 7) is 1.67. The van der Waals surface area contributed by atoms with Crippen molar-refractivity contribution in [1.82, 2.24) is 31.1 Å². The summed E-state index contributed by atoms with van der Waals surface area (Å²) in [5.41, 5.74) is 5.85. The predicted molar refractivity (Wildman–Crippen MR) is 98.2 cm³/mol. The fraction of sp³-hybridized carbons (Fsp3) is 0.118. The smallest absolute Gasteiger partial charge is 0.269 e. The third kappa shape index (κ3) is 4.61. The average Bonchev–Trinajstić information content (AvgIpc) is 3.15. The molecule has 3 N–H and O–H groups in total. The van der Waals surface area contributed by atoms with Gasteiger partial charge in [-0.2, -0.15) is 4.68 Å². The molecule has 0 aliphatic carbocycles. The topological polar surface area (TPSA) is 122 Å². The van der Waals surface area contributed by atoms with Gasteiger partial charge in [0.05, 0.1) is 10.9 Å². The largest absolute Gasteiger partial charge is 0.508 e. The molecule has 9 nitrogen and oxygen atoms in total. The van der Waals surface area contributed by atoms with Crippen LogP contribution in [0.25, 0.3) is 5.69 Å². The third-order valence-corrected chi connectivity index (χ3v) is 4.55. The Morgan fingerprint density at radius 3 is 2.48 bits per heavy atom. The van der Waals surface area contributed by atoms with E-state index in [2.05, 4.69) is 26.4 Å². The van der Waals surface area contributed by atoms with E-state index in [4.69, 9.17) is 0 Å². The first-order valence-electron chi connectivity index (χ1n) is 7.94. The number of rotatable bonds is 5. The van der Waals surface area contributed by atoms with Crippen LogP contribution in [0.5, 0.6) is 5.75 Å². The van der Waals surface area contributed by atoms with E-state index < -0.39 is 17.1 Å². The molecule has 2 amide bonds. The van der Waals surface area contributed by atoms with Crippen molar-refractivity contribution in [3.8, 4) is 11.4 Å². The second-order valence-electron chi connectivity index (χ2n) is 5.46. The lowest BCUT2D eigenvalue weighted by molar-refractivity contribution is -0.121. The Morgan fingerprint density at radius 1 is 1.07 bits per heavy atom. The normalized spacial score (nSPS) is 11.6. The first kappa shape index (κ1) is 18.4. The third-order valence-electron chi connectivity index (χ3n) is 3.52. The SMILES string of the molecule is C[C@H](Sc1nnnn1-c1ccc(O)cc1)C(=O)NNC(=O)c1ccccc1. The van der Waals surface area contributed by atoms with Crippen LogP contribution in [0.3, 0.4) is 0 Å². The summed E-state index contributed by atoms with van der Waals surface area (Å²) in [4.78, 5) is 24.2. The number of carbonyl (C=O) groups excluding carboxylic acids is 2. The van der Waals surface area contributed by atoms with Crippen molar-refractivity contribution in [2.45, 2.75) is 17.3 Å². The number of nitrogens with zero attached hydrogens (tertiary/aromatic N) is 4. The number of hydrogen-bond donors (Lipinski definition) is 3. The van der Waals surface area contributed by atoms with E-state index in [9.17, 15) is 14.7 Å². The highest BCUT2D eigenvalue weighted by Crippen LogP contribution is 2.23. The molecule has 0 bridgehead atoms. The highest BCUT2D eigenvalue weighted by molar-refractivity contribution is 8.00. The van der Waals surface area contributed by atoms with Gasteiger partial charge in [0.15, 0.2) is 0 Å². The molecule has 27 heavy (non-hydrogen) atoms. The van der Waals surface area contributed by atoms with Crippen LogP contribution in [0, 0.1) is 0 Å². The van der Waals surface area contributed by atoms with E-state index >= 15 is 0 Å². The highest BCUT2D eigenvalue weighted by atomic mass is 32.2. The molecule has 0 radical (unpaired) electrons. The lowest BCUT2D eigenvalue weighted by Gasteiger charge is -2.12. The minimum absolute atomic E-state index is 0.128. The van der Waals surface area contributed by atoms with Gasteiger partial charge < -0.3 is 5.11 Å². The number of thioether (sulfide) groups is 1. The number of amides is 2. The lowest BCUT2D eigenvalue weighted by Crippen LogP contribution is -2.44. The van der Waals surface area contributed by atoms with Crippen LogP contribution in [0.15, 0.2) is 59.8 Å². The van der Waals surface area contributed by atoms with Crippen molar-refractivity contribution in [3.63, 3.8) is 0 Å². The number of aromatic nitrogens is 4. The molecule has 0 aliphatic rings. The minimum atomic E-state index is -0.567. The molecule has 0 saturated carbocycles. The number of aromatic hydroxyl groups is 1. The fourth-order valence-electron chi connectivity index (χ4n) is 2.10. The Kier molecular flexibility index (Phi) is 5.67. The predicted octanol–water partition coefficient (Wildman–Crippen LogP) is 1.31. The highest BCUT2D eigenvalue weighted by Gasteiger charge is 2.20. The first-order valence-corrected chi connectivity index (χ1v) is 8.82. The molecule has 1 aromatic heterocycles. The second kappa shape index (κ2) is 8.32. The lowest BCUT2D eigenvalue weighted by atomic mass is 10.2. The summed E-state index contributed by atoms with van der Waals surface area (Å²) < 4.78 is 1.45. The molecule has 0 spiro atoms. The van der Waals surface area contributed by atoms with Crippen LogP contribution in [-0.4, -0.2) is 42.4 Å². The Balaban J connectivity index is 1.60.